The highest BCUT2D eigenvalue weighted by atomic mass is 19.4. The monoisotopic (exact) mass is 261 g/mol. The van der Waals surface area contributed by atoms with E-state index < -0.39 is 11.7 Å². The van der Waals surface area contributed by atoms with E-state index in [1.165, 1.54) is 4.68 Å². The number of aromatic nitrogens is 2. The lowest BCUT2D eigenvalue weighted by atomic mass is 9.93. The second-order valence-corrected chi connectivity index (χ2v) is 4.93. The molecule has 0 amide bonds. The average Bonchev–Trinajstić information content (AvgIpc) is 2.72. The Hall–Kier alpha value is -1.04. The van der Waals surface area contributed by atoms with Crippen molar-refractivity contribution < 1.29 is 13.2 Å². The number of nitrogens with zero attached hydrogens (tertiary/aromatic N) is 2. The first-order chi connectivity index (χ1) is 8.48. The normalized spacial score (nSPS) is 26.7. The van der Waals surface area contributed by atoms with Gasteiger partial charge >= 0.3 is 6.18 Å². The molecule has 0 saturated heterocycles. The van der Waals surface area contributed by atoms with Crippen LogP contribution in [0.5, 0.6) is 0 Å². The Morgan fingerprint density at radius 1 is 1.17 bits per heavy atom. The van der Waals surface area contributed by atoms with Gasteiger partial charge < -0.3 is 5.73 Å². The molecule has 2 unspecified atom stereocenters. The summed E-state index contributed by atoms with van der Waals surface area (Å²) in [4.78, 5) is 0. The summed E-state index contributed by atoms with van der Waals surface area (Å²) < 4.78 is 39.0. The zero-order valence-corrected chi connectivity index (χ0v) is 10.2. The molecule has 6 heteroatoms. The zero-order chi connectivity index (χ0) is 13.2. The Kier molecular flexibility index (Phi) is 3.94. The van der Waals surface area contributed by atoms with Crippen molar-refractivity contribution in [3.63, 3.8) is 0 Å². The maximum Gasteiger partial charge on any atom is 0.419 e. The highest BCUT2D eigenvalue weighted by molar-refractivity contribution is 5.09. The first kappa shape index (κ1) is 13.4. The van der Waals surface area contributed by atoms with Gasteiger partial charge in [-0.25, -0.2) is 0 Å². The topological polar surface area (TPSA) is 43.8 Å². The van der Waals surface area contributed by atoms with Crippen LogP contribution in [0.25, 0.3) is 0 Å². The van der Waals surface area contributed by atoms with Crippen molar-refractivity contribution in [2.24, 2.45) is 5.73 Å². The van der Waals surface area contributed by atoms with Crippen LogP contribution in [-0.2, 0) is 6.18 Å². The fraction of sp³-hybridized carbons (Fsp3) is 0.750. The number of hydrogen-bond donors (Lipinski definition) is 1. The summed E-state index contributed by atoms with van der Waals surface area (Å²) in [5.41, 5.74) is 5.36. The summed E-state index contributed by atoms with van der Waals surface area (Å²) in [5, 5.41) is 3.85. The Morgan fingerprint density at radius 2 is 1.83 bits per heavy atom. The van der Waals surface area contributed by atoms with Gasteiger partial charge in [0.15, 0.2) is 0 Å². The van der Waals surface area contributed by atoms with E-state index in [-0.39, 0.29) is 12.1 Å². The third-order valence-corrected chi connectivity index (χ3v) is 3.55. The van der Waals surface area contributed by atoms with Gasteiger partial charge in [-0.3, -0.25) is 4.68 Å². The van der Waals surface area contributed by atoms with Crippen LogP contribution in [0, 0.1) is 0 Å². The summed E-state index contributed by atoms with van der Waals surface area (Å²) in [7, 11) is 0. The van der Waals surface area contributed by atoms with E-state index >= 15 is 0 Å². The molecule has 1 saturated carbocycles. The van der Waals surface area contributed by atoms with E-state index in [2.05, 4.69) is 5.10 Å². The molecule has 0 bridgehead atoms. The van der Waals surface area contributed by atoms with Gasteiger partial charge in [0, 0.05) is 12.2 Å². The van der Waals surface area contributed by atoms with E-state index in [0.717, 1.165) is 50.9 Å². The van der Waals surface area contributed by atoms with Crippen molar-refractivity contribution >= 4 is 0 Å². The van der Waals surface area contributed by atoms with Crippen molar-refractivity contribution in [2.75, 3.05) is 0 Å². The van der Waals surface area contributed by atoms with Gasteiger partial charge in [-0.05, 0) is 12.8 Å². The Balaban J connectivity index is 2.15. The fourth-order valence-corrected chi connectivity index (χ4v) is 2.49. The smallest absolute Gasteiger partial charge is 0.326 e. The van der Waals surface area contributed by atoms with E-state index in [1.807, 2.05) is 0 Å². The quantitative estimate of drug-likeness (QED) is 0.844. The maximum absolute atomic E-state index is 12.5. The lowest BCUT2D eigenvalue weighted by Crippen LogP contribution is -2.33. The second kappa shape index (κ2) is 5.30. The minimum atomic E-state index is -4.33. The molecular formula is C12H18F3N3. The molecule has 2 atom stereocenters. The summed E-state index contributed by atoms with van der Waals surface area (Å²) in [6.07, 6.45) is 3.61. The number of halogens is 3. The summed E-state index contributed by atoms with van der Waals surface area (Å²) in [5.74, 6) is 0. The first-order valence-electron chi connectivity index (χ1n) is 6.35. The molecule has 1 heterocycles. The number of hydrogen-bond acceptors (Lipinski definition) is 2. The number of alkyl halides is 3. The molecule has 1 fully saturated rings. The molecule has 2 N–H and O–H groups in total. The molecule has 3 nitrogen and oxygen atoms in total. The molecule has 0 aliphatic heterocycles. The van der Waals surface area contributed by atoms with Gasteiger partial charge in [0.25, 0.3) is 0 Å². The van der Waals surface area contributed by atoms with E-state index in [0.29, 0.717) is 0 Å². The Labute approximate surface area is 104 Å². The molecule has 0 spiro atoms. The molecule has 1 aliphatic rings. The fourth-order valence-electron chi connectivity index (χ4n) is 2.49. The Bertz CT molecular complexity index is 386. The summed E-state index contributed by atoms with van der Waals surface area (Å²) >= 11 is 0. The second-order valence-electron chi connectivity index (χ2n) is 4.93. The minimum Gasteiger partial charge on any atom is -0.326 e. The SMILES string of the molecule is NC1CCCCCCC1n1cc(C(F)(F)F)cn1. The van der Waals surface area contributed by atoms with Crippen LogP contribution in [0.4, 0.5) is 13.2 Å². The van der Waals surface area contributed by atoms with Gasteiger partial charge in [0.2, 0.25) is 0 Å². The molecular weight excluding hydrogens is 243 g/mol. The number of rotatable bonds is 1. The standard InChI is InChI=1S/C12H18F3N3/c13-12(14,15)9-7-17-18(8-9)11-6-4-2-1-3-5-10(11)16/h7-8,10-11H,1-6,16H2. The summed E-state index contributed by atoms with van der Waals surface area (Å²) in [6, 6.07) is -0.215. The van der Waals surface area contributed by atoms with Crippen molar-refractivity contribution in [2.45, 2.75) is 56.8 Å². The van der Waals surface area contributed by atoms with Crippen molar-refractivity contribution in [3.05, 3.63) is 18.0 Å². The average molecular weight is 261 g/mol. The van der Waals surface area contributed by atoms with Crippen LogP contribution in [0.3, 0.4) is 0 Å². The van der Waals surface area contributed by atoms with Crippen LogP contribution in [-0.4, -0.2) is 15.8 Å². The van der Waals surface area contributed by atoms with Crippen LogP contribution >= 0.6 is 0 Å². The van der Waals surface area contributed by atoms with Gasteiger partial charge in [0.1, 0.15) is 0 Å². The van der Waals surface area contributed by atoms with Crippen molar-refractivity contribution in [1.82, 2.24) is 9.78 Å². The molecule has 0 aromatic carbocycles. The van der Waals surface area contributed by atoms with E-state index in [1.54, 1.807) is 0 Å². The van der Waals surface area contributed by atoms with Crippen molar-refractivity contribution in [3.8, 4) is 0 Å². The summed E-state index contributed by atoms with van der Waals surface area (Å²) in [6.45, 7) is 0. The maximum atomic E-state index is 12.5. The highest BCUT2D eigenvalue weighted by Gasteiger charge is 2.33. The largest absolute Gasteiger partial charge is 0.419 e. The van der Waals surface area contributed by atoms with Crippen LogP contribution in [0.15, 0.2) is 12.4 Å². The predicted octanol–water partition coefficient (Wildman–Crippen LogP) is 3.12. The van der Waals surface area contributed by atoms with E-state index in [4.69, 9.17) is 5.73 Å². The van der Waals surface area contributed by atoms with Gasteiger partial charge in [-0.15, -0.1) is 0 Å². The van der Waals surface area contributed by atoms with E-state index in [9.17, 15) is 13.2 Å². The van der Waals surface area contributed by atoms with Gasteiger partial charge in [0.05, 0.1) is 17.8 Å². The molecule has 102 valence electrons. The predicted molar refractivity (Wildman–Crippen MR) is 61.9 cm³/mol. The van der Waals surface area contributed by atoms with Crippen LogP contribution in [0.1, 0.15) is 50.1 Å². The Morgan fingerprint density at radius 3 is 2.44 bits per heavy atom. The third-order valence-electron chi connectivity index (χ3n) is 3.55. The first-order valence-corrected chi connectivity index (χ1v) is 6.35. The molecule has 1 aromatic heterocycles. The molecule has 2 rings (SSSR count). The number of nitrogens with two attached hydrogens (primary N) is 1. The minimum absolute atomic E-state index is 0.105. The zero-order valence-electron chi connectivity index (χ0n) is 10.2. The molecule has 1 aliphatic carbocycles. The lowest BCUT2D eigenvalue weighted by Gasteiger charge is -2.26. The van der Waals surface area contributed by atoms with Crippen LogP contribution in [0.2, 0.25) is 0 Å². The van der Waals surface area contributed by atoms with Crippen LogP contribution < -0.4 is 5.73 Å². The highest BCUT2D eigenvalue weighted by Crippen LogP contribution is 2.31. The molecule has 0 radical (unpaired) electrons. The molecule has 18 heavy (non-hydrogen) atoms. The third kappa shape index (κ3) is 3.04. The lowest BCUT2D eigenvalue weighted by molar-refractivity contribution is -0.137. The van der Waals surface area contributed by atoms with Gasteiger partial charge in [-0.2, -0.15) is 18.3 Å². The molecule has 1 aromatic rings. The van der Waals surface area contributed by atoms with Crippen molar-refractivity contribution in [1.29, 1.82) is 0 Å². The van der Waals surface area contributed by atoms with Gasteiger partial charge in [-0.1, -0.05) is 25.7 Å².